The molecule has 0 spiro atoms. The van der Waals surface area contributed by atoms with Crippen LogP contribution in [0.2, 0.25) is 0 Å². The highest BCUT2D eigenvalue weighted by Gasteiger charge is 2.03. The summed E-state index contributed by atoms with van der Waals surface area (Å²) in [6.45, 7) is 1.85. The van der Waals surface area contributed by atoms with Crippen LogP contribution in [0.5, 0.6) is 0 Å². The minimum atomic E-state index is 0.168. The number of carbonyl (C=O) groups excluding carboxylic acids is 1. The molecule has 0 bridgehead atoms. The van der Waals surface area contributed by atoms with Gasteiger partial charge in [0.1, 0.15) is 0 Å². The topological polar surface area (TPSA) is 43.1 Å². The molecule has 0 atom stereocenters. The predicted octanol–water partition coefficient (Wildman–Crippen LogP) is 1.92. The second-order valence-electron chi connectivity index (χ2n) is 2.02. The Balaban J connectivity index is 2.85. The minimum absolute atomic E-state index is 0.168. The summed E-state index contributed by atoms with van der Waals surface area (Å²) in [5.74, 6) is 0.168. The molecule has 2 N–H and O–H groups in total. The van der Waals surface area contributed by atoms with E-state index in [0.717, 1.165) is 4.88 Å². The van der Waals surface area contributed by atoms with Gasteiger partial charge in [0.05, 0.1) is 4.88 Å². The molecule has 0 radical (unpaired) electrons. The van der Waals surface area contributed by atoms with Crippen molar-refractivity contribution in [1.82, 2.24) is 0 Å². The maximum Gasteiger partial charge on any atom is 0.172 e. The van der Waals surface area contributed by atoms with Crippen LogP contribution in [0.3, 0.4) is 0 Å². The summed E-state index contributed by atoms with van der Waals surface area (Å²) in [6, 6.07) is 1.72. The highest BCUT2D eigenvalue weighted by molar-refractivity contribution is 7.12. The number of Topliss-reactive ketones (excluding diaryl/α,β-unsaturated/α-hetero) is 1. The van der Waals surface area contributed by atoms with Crippen molar-refractivity contribution >= 4 is 22.8 Å². The number of anilines is 1. The number of nitrogens with two attached hydrogens (primary N) is 1. The van der Waals surface area contributed by atoms with E-state index in [1.54, 1.807) is 11.4 Å². The average Bonchev–Trinajstić information content (AvgIpc) is 2.34. The molecule has 0 saturated carbocycles. The Morgan fingerprint density at radius 2 is 2.50 bits per heavy atom. The third-order valence-corrected chi connectivity index (χ3v) is 2.21. The van der Waals surface area contributed by atoms with Crippen molar-refractivity contribution in [3.05, 3.63) is 16.3 Å². The molecule has 0 aliphatic rings. The lowest BCUT2D eigenvalue weighted by Gasteiger charge is -1.86. The molecule has 1 heterocycles. The number of hydrogen-bond acceptors (Lipinski definition) is 3. The van der Waals surface area contributed by atoms with Crippen molar-refractivity contribution in [2.75, 3.05) is 5.73 Å². The van der Waals surface area contributed by atoms with E-state index in [1.165, 1.54) is 11.3 Å². The number of ketones is 1. The SMILES string of the molecule is CCC(=O)c1cc(N)cs1. The lowest BCUT2D eigenvalue weighted by molar-refractivity contribution is 0.0992. The maximum absolute atomic E-state index is 11.0. The lowest BCUT2D eigenvalue weighted by atomic mass is 10.2. The first-order valence-corrected chi connectivity index (χ1v) is 3.99. The average molecular weight is 155 g/mol. The van der Waals surface area contributed by atoms with Crippen LogP contribution >= 0.6 is 11.3 Å². The molecule has 3 heteroatoms. The summed E-state index contributed by atoms with van der Waals surface area (Å²) < 4.78 is 0. The van der Waals surface area contributed by atoms with Crippen LogP contribution in [0.4, 0.5) is 5.69 Å². The lowest BCUT2D eigenvalue weighted by Crippen LogP contribution is -1.91. The van der Waals surface area contributed by atoms with Crippen molar-refractivity contribution < 1.29 is 4.79 Å². The van der Waals surface area contributed by atoms with Crippen LogP contribution in [0.25, 0.3) is 0 Å². The van der Waals surface area contributed by atoms with Crippen LogP contribution in [0.15, 0.2) is 11.4 Å². The molecule has 0 aliphatic heterocycles. The first kappa shape index (κ1) is 7.28. The molecule has 1 aromatic heterocycles. The van der Waals surface area contributed by atoms with E-state index in [4.69, 9.17) is 5.73 Å². The molecule has 54 valence electrons. The van der Waals surface area contributed by atoms with E-state index in [-0.39, 0.29) is 5.78 Å². The molecule has 1 aromatic rings. The van der Waals surface area contributed by atoms with E-state index in [0.29, 0.717) is 12.1 Å². The third kappa shape index (κ3) is 1.36. The summed E-state index contributed by atoms with van der Waals surface area (Å²) in [5, 5.41) is 1.78. The smallest absolute Gasteiger partial charge is 0.172 e. The summed E-state index contributed by atoms with van der Waals surface area (Å²) >= 11 is 1.41. The van der Waals surface area contributed by atoms with Gasteiger partial charge in [-0.3, -0.25) is 4.79 Å². The van der Waals surface area contributed by atoms with Gasteiger partial charge in [-0.1, -0.05) is 6.92 Å². The Hall–Kier alpha value is -0.830. The van der Waals surface area contributed by atoms with Gasteiger partial charge >= 0.3 is 0 Å². The maximum atomic E-state index is 11.0. The number of rotatable bonds is 2. The van der Waals surface area contributed by atoms with Crippen molar-refractivity contribution in [3.8, 4) is 0 Å². The molecule has 0 fully saturated rings. The Bertz CT molecular complexity index is 242. The zero-order valence-corrected chi connectivity index (χ0v) is 6.57. The first-order valence-electron chi connectivity index (χ1n) is 3.11. The van der Waals surface area contributed by atoms with Crippen molar-refractivity contribution in [3.63, 3.8) is 0 Å². The second kappa shape index (κ2) is 2.84. The highest BCUT2D eigenvalue weighted by atomic mass is 32.1. The van der Waals surface area contributed by atoms with Gasteiger partial charge in [-0.15, -0.1) is 11.3 Å². The Morgan fingerprint density at radius 3 is 2.90 bits per heavy atom. The highest BCUT2D eigenvalue weighted by Crippen LogP contribution is 2.17. The van der Waals surface area contributed by atoms with E-state index in [9.17, 15) is 4.79 Å². The minimum Gasteiger partial charge on any atom is -0.398 e. The van der Waals surface area contributed by atoms with Gasteiger partial charge in [-0.25, -0.2) is 0 Å². The van der Waals surface area contributed by atoms with Crippen molar-refractivity contribution in [2.45, 2.75) is 13.3 Å². The molecule has 0 unspecified atom stereocenters. The molecule has 0 amide bonds. The molecule has 10 heavy (non-hydrogen) atoms. The van der Waals surface area contributed by atoms with E-state index in [1.807, 2.05) is 6.92 Å². The van der Waals surface area contributed by atoms with Crippen molar-refractivity contribution in [2.24, 2.45) is 0 Å². The summed E-state index contributed by atoms with van der Waals surface area (Å²) in [7, 11) is 0. The number of hydrogen-bond donors (Lipinski definition) is 1. The summed E-state index contributed by atoms with van der Waals surface area (Å²) in [4.78, 5) is 11.7. The molecule has 0 aromatic carbocycles. The van der Waals surface area contributed by atoms with Crippen LogP contribution in [0, 0.1) is 0 Å². The first-order chi connectivity index (χ1) is 4.74. The zero-order chi connectivity index (χ0) is 7.56. The predicted molar refractivity (Wildman–Crippen MR) is 43.4 cm³/mol. The molecular formula is C7H9NOS. The van der Waals surface area contributed by atoms with Crippen LogP contribution in [-0.2, 0) is 0 Å². The van der Waals surface area contributed by atoms with Gasteiger partial charge < -0.3 is 5.73 Å². The van der Waals surface area contributed by atoms with Crippen LogP contribution < -0.4 is 5.73 Å². The molecule has 0 saturated heterocycles. The monoisotopic (exact) mass is 155 g/mol. The summed E-state index contributed by atoms with van der Waals surface area (Å²) in [5.41, 5.74) is 6.11. The number of nitrogen functional groups attached to an aromatic ring is 1. The number of thiophene rings is 1. The van der Waals surface area contributed by atoms with Crippen LogP contribution in [0.1, 0.15) is 23.0 Å². The standard InChI is InChI=1S/C7H9NOS/c1-2-6(9)7-3-5(8)4-10-7/h3-4H,2,8H2,1H3. The van der Waals surface area contributed by atoms with Gasteiger partial charge in [0.15, 0.2) is 5.78 Å². The molecular weight excluding hydrogens is 146 g/mol. The van der Waals surface area contributed by atoms with E-state index >= 15 is 0 Å². The Kier molecular flexibility index (Phi) is 2.06. The molecule has 2 nitrogen and oxygen atoms in total. The van der Waals surface area contributed by atoms with Crippen molar-refractivity contribution in [1.29, 1.82) is 0 Å². The van der Waals surface area contributed by atoms with Gasteiger partial charge in [-0.05, 0) is 6.07 Å². The summed E-state index contributed by atoms with van der Waals surface area (Å²) in [6.07, 6.45) is 0.556. The normalized spacial score (nSPS) is 9.70. The fourth-order valence-electron chi connectivity index (χ4n) is 0.671. The fourth-order valence-corrected chi connectivity index (χ4v) is 1.48. The second-order valence-corrected chi connectivity index (χ2v) is 2.93. The third-order valence-electron chi connectivity index (χ3n) is 1.22. The quantitative estimate of drug-likeness (QED) is 0.663. The van der Waals surface area contributed by atoms with E-state index < -0.39 is 0 Å². The Morgan fingerprint density at radius 1 is 1.80 bits per heavy atom. The number of carbonyl (C=O) groups is 1. The van der Waals surface area contributed by atoms with Crippen LogP contribution in [-0.4, -0.2) is 5.78 Å². The van der Waals surface area contributed by atoms with Gasteiger partial charge in [0.2, 0.25) is 0 Å². The molecule has 1 rings (SSSR count). The Labute approximate surface area is 63.7 Å². The van der Waals surface area contributed by atoms with Gasteiger partial charge in [0.25, 0.3) is 0 Å². The zero-order valence-electron chi connectivity index (χ0n) is 5.76. The van der Waals surface area contributed by atoms with Gasteiger partial charge in [-0.2, -0.15) is 0 Å². The largest absolute Gasteiger partial charge is 0.398 e. The fraction of sp³-hybridized carbons (Fsp3) is 0.286. The molecule has 0 aliphatic carbocycles. The van der Waals surface area contributed by atoms with Gasteiger partial charge in [0, 0.05) is 17.5 Å². The van der Waals surface area contributed by atoms with E-state index in [2.05, 4.69) is 0 Å².